The Balaban J connectivity index is 1.83. The number of aromatic nitrogens is 2. The van der Waals surface area contributed by atoms with Gasteiger partial charge in [0.15, 0.2) is 5.82 Å². The van der Waals surface area contributed by atoms with Crippen LogP contribution in [0.25, 0.3) is 0 Å². The van der Waals surface area contributed by atoms with E-state index in [1.54, 1.807) is 0 Å². The van der Waals surface area contributed by atoms with Crippen LogP contribution < -0.4 is 0 Å². The number of hydrogen-bond acceptors (Lipinski definition) is 4. The second-order valence-electron chi connectivity index (χ2n) is 5.02. The predicted octanol–water partition coefficient (Wildman–Crippen LogP) is 2.51. The minimum absolute atomic E-state index is 0.308. The van der Waals surface area contributed by atoms with E-state index in [0.29, 0.717) is 18.2 Å². The van der Waals surface area contributed by atoms with Crippen LogP contribution in [0.2, 0.25) is 0 Å². The molecule has 0 amide bonds. The number of aliphatic hydroxyl groups is 1. The molecular weight excluding hydrogens is 216 g/mol. The third-order valence-electron chi connectivity index (χ3n) is 3.59. The van der Waals surface area contributed by atoms with Gasteiger partial charge in [0.25, 0.3) is 0 Å². The first-order valence-corrected chi connectivity index (χ1v) is 6.79. The molecule has 96 valence electrons. The molecule has 0 radical (unpaired) electrons. The second kappa shape index (κ2) is 6.15. The van der Waals surface area contributed by atoms with Gasteiger partial charge in [0.1, 0.15) is 0 Å². The molecule has 1 fully saturated rings. The molecule has 1 N–H and O–H groups in total. The molecule has 1 aromatic heterocycles. The Bertz CT molecular complexity index is 332. The SMILES string of the molecule is CCCCc1noc(CC(O)C2CCCC2)n1. The fraction of sp³-hybridized carbons (Fsp3) is 0.846. The zero-order valence-electron chi connectivity index (χ0n) is 10.6. The molecule has 0 bridgehead atoms. The van der Waals surface area contributed by atoms with Gasteiger partial charge in [0, 0.05) is 6.42 Å². The van der Waals surface area contributed by atoms with Gasteiger partial charge in [0.2, 0.25) is 5.89 Å². The molecule has 1 aliphatic carbocycles. The van der Waals surface area contributed by atoms with Crippen molar-refractivity contribution in [3.63, 3.8) is 0 Å². The first-order valence-electron chi connectivity index (χ1n) is 6.79. The lowest BCUT2D eigenvalue weighted by molar-refractivity contribution is 0.102. The maximum atomic E-state index is 10.1. The summed E-state index contributed by atoms with van der Waals surface area (Å²) in [6, 6.07) is 0. The molecule has 1 atom stereocenters. The van der Waals surface area contributed by atoms with Gasteiger partial charge in [-0.25, -0.2) is 0 Å². The van der Waals surface area contributed by atoms with E-state index in [9.17, 15) is 5.11 Å². The zero-order chi connectivity index (χ0) is 12.1. The number of aliphatic hydroxyl groups excluding tert-OH is 1. The van der Waals surface area contributed by atoms with Crippen LogP contribution >= 0.6 is 0 Å². The van der Waals surface area contributed by atoms with Crippen LogP contribution in [0.3, 0.4) is 0 Å². The van der Waals surface area contributed by atoms with Crippen molar-refractivity contribution in [2.75, 3.05) is 0 Å². The van der Waals surface area contributed by atoms with Crippen LogP contribution in [0, 0.1) is 5.92 Å². The maximum Gasteiger partial charge on any atom is 0.229 e. The minimum Gasteiger partial charge on any atom is -0.392 e. The molecule has 4 nitrogen and oxygen atoms in total. The van der Waals surface area contributed by atoms with E-state index >= 15 is 0 Å². The molecule has 4 heteroatoms. The van der Waals surface area contributed by atoms with Gasteiger partial charge in [-0.05, 0) is 25.2 Å². The van der Waals surface area contributed by atoms with E-state index in [2.05, 4.69) is 17.1 Å². The van der Waals surface area contributed by atoms with Crippen molar-refractivity contribution in [2.45, 2.75) is 64.4 Å². The number of rotatable bonds is 6. The van der Waals surface area contributed by atoms with E-state index in [1.807, 2.05) is 0 Å². The van der Waals surface area contributed by atoms with Crippen LogP contribution in [0.5, 0.6) is 0 Å². The summed E-state index contributed by atoms with van der Waals surface area (Å²) in [4.78, 5) is 4.32. The van der Waals surface area contributed by atoms with E-state index < -0.39 is 0 Å². The van der Waals surface area contributed by atoms with Gasteiger partial charge in [-0.3, -0.25) is 0 Å². The second-order valence-corrected chi connectivity index (χ2v) is 5.02. The highest BCUT2D eigenvalue weighted by Crippen LogP contribution is 2.28. The molecular formula is C13H22N2O2. The molecule has 1 heterocycles. The lowest BCUT2D eigenvalue weighted by atomic mass is 9.98. The summed E-state index contributed by atoms with van der Waals surface area (Å²) < 4.78 is 5.17. The number of aryl methyl sites for hydroxylation is 1. The topological polar surface area (TPSA) is 59.2 Å². The smallest absolute Gasteiger partial charge is 0.229 e. The summed E-state index contributed by atoms with van der Waals surface area (Å²) in [5, 5.41) is 14.0. The van der Waals surface area contributed by atoms with Crippen molar-refractivity contribution < 1.29 is 9.63 Å². The molecule has 1 saturated carbocycles. The highest BCUT2D eigenvalue weighted by atomic mass is 16.5. The van der Waals surface area contributed by atoms with E-state index in [-0.39, 0.29) is 6.10 Å². The summed E-state index contributed by atoms with van der Waals surface area (Å²) in [6.45, 7) is 2.14. The normalized spacial score (nSPS) is 18.7. The average molecular weight is 238 g/mol. The van der Waals surface area contributed by atoms with Crippen LogP contribution in [0.4, 0.5) is 0 Å². The van der Waals surface area contributed by atoms with Gasteiger partial charge in [-0.15, -0.1) is 0 Å². The first kappa shape index (κ1) is 12.6. The number of nitrogens with zero attached hydrogens (tertiary/aromatic N) is 2. The first-order chi connectivity index (χ1) is 8.29. The van der Waals surface area contributed by atoms with Crippen LogP contribution in [-0.4, -0.2) is 21.4 Å². The van der Waals surface area contributed by atoms with Crippen LogP contribution in [-0.2, 0) is 12.8 Å². The van der Waals surface area contributed by atoms with Crippen molar-refractivity contribution in [2.24, 2.45) is 5.92 Å². The molecule has 0 aliphatic heterocycles. The predicted molar refractivity (Wildman–Crippen MR) is 64.6 cm³/mol. The van der Waals surface area contributed by atoms with Gasteiger partial charge >= 0.3 is 0 Å². The quantitative estimate of drug-likeness (QED) is 0.827. The van der Waals surface area contributed by atoms with Gasteiger partial charge in [-0.1, -0.05) is 31.3 Å². The Morgan fingerprint density at radius 3 is 2.88 bits per heavy atom. The Hall–Kier alpha value is -0.900. The standard InChI is InChI=1S/C13H22N2O2/c1-2-3-8-12-14-13(17-15-12)9-11(16)10-6-4-5-7-10/h10-11,16H,2-9H2,1H3. The monoisotopic (exact) mass is 238 g/mol. The lowest BCUT2D eigenvalue weighted by Crippen LogP contribution is -2.20. The minimum atomic E-state index is -0.308. The highest BCUT2D eigenvalue weighted by molar-refractivity contribution is 4.90. The molecule has 17 heavy (non-hydrogen) atoms. The molecule has 1 aromatic rings. The Kier molecular flexibility index (Phi) is 4.54. The van der Waals surface area contributed by atoms with E-state index in [0.717, 1.165) is 37.9 Å². The Morgan fingerprint density at radius 1 is 1.41 bits per heavy atom. The summed E-state index contributed by atoms with van der Waals surface area (Å²) >= 11 is 0. The summed E-state index contributed by atoms with van der Waals surface area (Å²) in [5.74, 6) is 1.80. The molecule has 0 aromatic carbocycles. The highest BCUT2D eigenvalue weighted by Gasteiger charge is 2.25. The molecule has 0 spiro atoms. The van der Waals surface area contributed by atoms with Crippen molar-refractivity contribution in [3.05, 3.63) is 11.7 Å². The van der Waals surface area contributed by atoms with E-state index in [1.165, 1.54) is 12.8 Å². The molecule has 2 rings (SSSR count). The summed E-state index contributed by atoms with van der Waals surface area (Å²) in [7, 11) is 0. The molecule has 1 aliphatic rings. The Morgan fingerprint density at radius 2 is 2.18 bits per heavy atom. The third kappa shape index (κ3) is 3.53. The molecule has 0 saturated heterocycles. The average Bonchev–Trinajstić information content (AvgIpc) is 2.97. The maximum absolute atomic E-state index is 10.1. The lowest BCUT2D eigenvalue weighted by Gasteiger charge is -2.14. The number of unbranched alkanes of at least 4 members (excludes halogenated alkanes) is 1. The van der Waals surface area contributed by atoms with Crippen LogP contribution in [0.15, 0.2) is 4.52 Å². The van der Waals surface area contributed by atoms with Gasteiger partial charge < -0.3 is 9.63 Å². The largest absolute Gasteiger partial charge is 0.392 e. The van der Waals surface area contributed by atoms with Crippen molar-refractivity contribution in [3.8, 4) is 0 Å². The van der Waals surface area contributed by atoms with Gasteiger partial charge in [-0.2, -0.15) is 4.98 Å². The van der Waals surface area contributed by atoms with Crippen LogP contribution in [0.1, 0.15) is 57.2 Å². The fourth-order valence-corrected chi connectivity index (χ4v) is 2.50. The Labute approximate surface area is 102 Å². The van der Waals surface area contributed by atoms with Crippen molar-refractivity contribution in [1.29, 1.82) is 0 Å². The van der Waals surface area contributed by atoms with E-state index in [4.69, 9.17) is 4.52 Å². The number of hydrogen-bond donors (Lipinski definition) is 1. The van der Waals surface area contributed by atoms with Gasteiger partial charge in [0.05, 0.1) is 12.5 Å². The summed E-state index contributed by atoms with van der Waals surface area (Å²) in [5.41, 5.74) is 0. The van der Waals surface area contributed by atoms with Crippen molar-refractivity contribution >= 4 is 0 Å². The fourth-order valence-electron chi connectivity index (χ4n) is 2.50. The molecule has 1 unspecified atom stereocenters. The van der Waals surface area contributed by atoms with Crippen molar-refractivity contribution in [1.82, 2.24) is 10.1 Å². The zero-order valence-corrected chi connectivity index (χ0v) is 10.6. The summed E-state index contributed by atoms with van der Waals surface area (Å²) in [6.07, 6.45) is 8.07. The third-order valence-corrected chi connectivity index (χ3v) is 3.59.